The van der Waals surface area contributed by atoms with E-state index >= 15 is 0 Å². The molecule has 1 aliphatic heterocycles. The van der Waals surface area contributed by atoms with Crippen LogP contribution in [0.5, 0.6) is 0 Å². The Balaban J connectivity index is 1.27. The van der Waals surface area contributed by atoms with Gasteiger partial charge in [-0.3, -0.25) is 4.79 Å². The van der Waals surface area contributed by atoms with Crippen LogP contribution in [0.1, 0.15) is 29.1 Å². The minimum atomic E-state index is 0.0947. The Labute approximate surface area is 166 Å². The third kappa shape index (κ3) is 3.33. The normalized spacial score (nSPS) is 17.3. The number of nitrogens with zero attached hydrogens (tertiary/aromatic N) is 3. The van der Waals surface area contributed by atoms with Crippen molar-refractivity contribution in [2.75, 3.05) is 13.1 Å². The Morgan fingerprint density at radius 2 is 2.29 bits per heavy atom. The predicted octanol–water partition coefficient (Wildman–Crippen LogP) is 4.37. The summed E-state index contributed by atoms with van der Waals surface area (Å²) in [5, 5.41) is 9.16. The Bertz CT molecular complexity index is 1100. The van der Waals surface area contributed by atoms with Crippen LogP contribution < -0.4 is 0 Å². The van der Waals surface area contributed by atoms with Crippen molar-refractivity contribution in [1.29, 1.82) is 0 Å². The number of nitrogens with one attached hydrogen (secondary N) is 1. The van der Waals surface area contributed by atoms with Crippen molar-refractivity contribution < 1.29 is 9.32 Å². The Morgan fingerprint density at radius 1 is 1.32 bits per heavy atom. The van der Waals surface area contributed by atoms with Crippen molar-refractivity contribution in [3.05, 3.63) is 58.7 Å². The van der Waals surface area contributed by atoms with Crippen molar-refractivity contribution in [2.45, 2.75) is 19.3 Å². The fourth-order valence-electron chi connectivity index (χ4n) is 3.88. The molecular weight excluding hydrogens is 372 g/mol. The lowest BCUT2D eigenvalue weighted by Gasteiger charge is -2.32. The average Bonchev–Trinajstić information content (AvgIpc) is 3.47. The molecule has 142 valence electrons. The number of hydrogen-bond acceptors (Lipinski definition) is 5. The molecule has 5 rings (SSSR count). The Hall–Kier alpha value is -2.93. The highest BCUT2D eigenvalue weighted by Crippen LogP contribution is 2.25. The number of H-pyrrole nitrogens is 1. The van der Waals surface area contributed by atoms with Crippen LogP contribution in [-0.2, 0) is 6.42 Å². The number of aromatic nitrogens is 3. The van der Waals surface area contributed by atoms with E-state index in [1.807, 2.05) is 52.2 Å². The molecule has 1 unspecified atom stereocenters. The van der Waals surface area contributed by atoms with Gasteiger partial charge in [-0.25, -0.2) is 0 Å². The first kappa shape index (κ1) is 17.2. The van der Waals surface area contributed by atoms with Crippen molar-refractivity contribution in [3.63, 3.8) is 0 Å². The summed E-state index contributed by atoms with van der Waals surface area (Å²) in [6.45, 7) is 1.52. The minimum Gasteiger partial charge on any atom is -0.361 e. The largest absolute Gasteiger partial charge is 0.361 e. The molecule has 4 aromatic rings. The van der Waals surface area contributed by atoms with Crippen LogP contribution in [0.15, 0.2) is 51.8 Å². The summed E-state index contributed by atoms with van der Waals surface area (Å²) in [5.74, 6) is 1.72. The first-order valence-corrected chi connectivity index (χ1v) is 10.4. The summed E-state index contributed by atoms with van der Waals surface area (Å²) in [6, 6.07) is 9.81. The smallest absolute Gasteiger partial charge is 0.253 e. The molecule has 0 saturated carbocycles. The van der Waals surface area contributed by atoms with E-state index in [-0.39, 0.29) is 5.91 Å². The van der Waals surface area contributed by atoms with E-state index in [0.717, 1.165) is 48.0 Å². The molecule has 1 aromatic carbocycles. The van der Waals surface area contributed by atoms with Gasteiger partial charge in [0.15, 0.2) is 0 Å². The second-order valence-corrected chi connectivity index (χ2v) is 8.05. The first-order valence-electron chi connectivity index (χ1n) is 9.48. The molecule has 1 fully saturated rings. The molecule has 0 bridgehead atoms. The zero-order chi connectivity index (χ0) is 18.9. The molecule has 0 radical (unpaired) electrons. The second-order valence-electron chi connectivity index (χ2n) is 7.27. The zero-order valence-electron chi connectivity index (χ0n) is 15.3. The number of benzene rings is 1. The lowest BCUT2D eigenvalue weighted by atomic mass is 9.94. The van der Waals surface area contributed by atoms with Crippen molar-refractivity contribution in [2.24, 2.45) is 5.92 Å². The maximum absolute atomic E-state index is 13.0. The number of carbonyl (C=O) groups is 1. The van der Waals surface area contributed by atoms with Gasteiger partial charge in [0.1, 0.15) is 0 Å². The highest BCUT2D eigenvalue weighted by atomic mass is 32.1. The Kier molecular flexibility index (Phi) is 4.44. The number of aromatic amines is 1. The van der Waals surface area contributed by atoms with Crippen LogP contribution in [0.25, 0.3) is 22.3 Å². The lowest BCUT2D eigenvalue weighted by molar-refractivity contribution is 0.0668. The molecule has 0 aliphatic carbocycles. The number of hydrogen-bond donors (Lipinski definition) is 1. The van der Waals surface area contributed by atoms with E-state index in [9.17, 15) is 4.79 Å². The third-order valence-corrected chi connectivity index (χ3v) is 6.00. The van der Waals surface area contributed by atoms with Crippen LogP contribution in [0.4, 0.5) is 0 Å². The molecule has 1 saturated heterocycles. The summed E-state index contributed by atoms with van der Waals surface area (Å²) in [5.41, 5.74) is 2.77. The summed E-state index contributed by atoms with van der Waals surface area (Å²) in [7, 11) is 0. The predicted molar refractivity (Wildman–Crippen MR) is 108 cm³/mol. The van der Waals surface area contributed by atoms with Gasteiger partial charge < -0.3 is 14.4 Å². The van der Waals surface area contributed by atoms with E-state index in [1.54, 1.807) is 11.3 Å². The van der Waals surface area contributed by atoms with Crippen molar-refractivity contribution in [1.82, 2.24) is 20.0 Å². The standard InChI is InChI=1S/C21H20N4O2S/c26-21(16-3-4-18-15(11-16)5-7-22-18)25-8-1-2-14(12-25)10-19-23-20(24-27-19)17-6-9-28-13-17/h3-7,9,11,13-14,22H,1-2,8,10,12H2. The van der Waals surface area contributed by atoms with Crippen molar-refractivity contribution >= 4 is 28.1 Å². The lowest BCUT2D eigenvalue weighted by Crippen LogP contribution is -2.40. The van der Waals surface area contributed by atoms with Gasteiger partial charge in [-0.2, -0.15) is 16.3 Å². The fraction of sp³-hybridized carbons (Fsp3) is 0.286. The summed E-state index contributed by atoms with van der Waals surface area (Å²) in [6.07, 6.45) is 4.66. The molecule has 1 atom stereocenters. The van der Waals surface area contributed by atoms with Gasteiger partial charge in [0.25, 0.3) is 5.91 Å². The van der Waals surface area contributed by atoms with Crippen LogP contribution in [0.2, 0.25) is 0 Å². The molecule has 1 N–H and O–H groups in total. The van der Waals surface area contributed by atoms with Gasteiger partial charge in [0, 0.05) is 53.1 Å². The van der Waals surface area contributed by atoms with E-state index < -0.39 is 0 Å². The molecule has 28 heavy (non-hydrogen) atoms. The molecule has 6 nitrogen and oxygen atoms in total. The highest BCUT2D eigenvalue weighted by molar-refractivity contribution is 7.08. The summed E-state index contributed by atoms with van der Waals surface area (Å²) >= 11 is 1.61. The van der Waals surface area contributed by atoms with Gasteiger partial charge in [-0.05, 0) is 54.5 Å². The number of likely N-dealkylation sites (tertiary alicyclic amines) is 1. The van der Waals surface area contributed by atoms with Crippen LogP contribution in [-0.4, -0.2) is 39.0 Å². The van der Waals surface area contributed by atoms with Gasteiger partial charge in [-0.1, -0.05) is 5.16 Å². The highest BCUT2D eigenvalue weighted by Gasteiger charge is 2.26. The van der Waals surface area contributed by atoms with E-state index in [1.165, 1.54) is 0 Å². The topological polar surface area (TPSA) is 75.0 Å². The Morgan fingerprint density at radius 3 is 3.18 bits per heavy atom. The number of carbonyl (C=O) groups excluding carboxylic acids is 1. The van der Waals surface area contributed by atoms with Crippen LogP contribution in [0, 0.1) is 5.92 Å². The van der Waals surface area contributed by atoms with E-state index in [4.69, 9.17) is 4.52 Å². The maximum Gasteiger partial charge on any atom is 0.253 e. The van der Waals surface area contributed by atoms with Gasteiger partial charge >= 0.3 is 0 Å². The second kappa shape index (κ2) is 7.24. The van der Waals surface area contributed by atoms with E-state index in [2.05, 4.69) is 15.1 Å². The third-order valence-electron chi connectivity index (χ3n) is 5.32. The molecular formula is C21H20N4O2S. The molecule has 1 amide bonds. The van der Waals surface area contributed by atoms with Gasteiger partial charge in [0.05, 0.1) is 0 Å². The molecule has 3 aromatic heterocycles. The number of rotatable bonds is 4. The number of amides is 1. The number of piperidine rings is 1. The molecule has 0 spiro atoms. The maximum atomic E-state index is 13.0. The quantitative estimate of drug-likeness (QED) is 0.559. The number of thiophene rings is 1. The van der Waals surface area contributed by atoms with Crippen LogP contribution in [0.3, 0.4) is 0 Å². The fourth-order valence-corrected chi connectivity index (χ4v) is 4.51. The van der Waals surface area contributed by atoms with Crippen molar-refractivity contribution in [3.8, 4) is 11.4 Å². The molecule has 1 aliphatic rings. The molecule has 7 heteroatoms. The average molecular weight is 392 g/mol. The van der Waals surface area contributed by atoms with Gasteiger partial charge in [-0.15, -0.1) is 0 Å². The number of fused-ring (bicyclic) bond motifs is 1. The monoisotopic (exact) mass is 392 g/mol. The summed E-state index contributed by atoms with van der Waals surface area (Å²) in [4.78, 5) is 22.6. The molecule has 4 heterocycles. The summed E-state index contributed by atoms with van der Waals surface area (Å²) < 4.78 is 5.45. The minimum absolute atomic E-state index is 0.0947. The zero-order valence-corrected chi connectivity index (χ0v) is 16.1. The van der Waals surface area contributed by atoms with Gasteiger partial charge in [0.2, 0.25) is 11.7 Å². The van der Waals surface area contributed by atoms with Crippen LogP contribution >= 0.6 is 11.3 Å². The SMILES string of the molecule is O=C(c1ccc2[nH]ccc2c1)N1CCCC(Cc2nc(-c3ccsc3)no2)C1. The first-order chi connectivity index (χ1) is 13.8. The van der Waals surface area contributed by atoms with E-state index in [0.29, 0.717) is 24.1 Å².